The van der Waals surface area contributed by atoms with Crippen LogP contribution in [0.3, 0.4) is 0 Å². The molecule has 0 radical (unpaired) electrons. The summed E-state index contributed by atoms with van der Waals surface area (Å²) in [5.74, 6) is 0.323. The Morgan fingerprint density at radius 2 is 2.00 bits per heavy atom. The lowest BCUT2D eigenvalue weighted by Crippen LogP contribution is -2.35. The number of nitriles is 1. The Labute approximate surface area is 148 Å². The van der Waals surface area contributed by atoms with Gasteiger partial charge in [0.1, 0.15) is 5.75 Å². The molecule has 0 saturated heterocycles. The van der Waals surface area contributed by atoms with E-state index in [-0.39, 0.29) is 18.9 Å². The third kappa shape index (κ3) is 4.98. The minimum absolute atomic E-state index is 0.124. The highest BCUT2D eigenvalue weighted by molar-refractivity contribution is 9.10. The molecule has 0 heterocycles. The first-order chi connectivity index (χ1) is 11.1. The summed E-state index contributed by atoms with van der Waals surface area (Å²) in [5.41, 5.74) is 0.742. The van der Waals surface area contributed by atoms with Gasteiger partial charge in [-0.2, -0.15) is 5.26 Å². The lowest BCUT2D eigenvalue weighted by atomic mass is 10.2. The second-order valence-corrected chi connectivity index (χ2v) is 5.94. The number of hydrogen-bond donors (Lipinski definition) is 0. The first kappa shape index (κ1) is 17.3. The number of carbonyl (C=O) groups is 1. The molecule has 0 N–H and O–H groups in total. The molecule has 0 atom stereocenters. The second-order valence-electron chi connectivity index (χ2n) is 4.65. The minimum Gasteiger partial charge on any atom is -0.483 e. The number of rotatable bonds is 6. The van der Waals surface area contributed by atoms with Crippen molar-refractivity contribution in [2.75, 3.05) is 18.1 Å². The third-order valence-electron chi connectivity index (χ3n) is 3.06. The Kier molecular flexibility index (Phi) is 6.45. The third-order valence-corrected chi connectivity index (χ3v) is 3.92. The van der Waals surface area contributed by atoms with E-state index in [0.717, 1.165) is 5.69 Å². The van der Waals surface area contributed by atoms with Crippen LogP contribution >= 0.6 is 27.5 Å². The summed E-state index contributed by atoms with van der Waals surface area (Å²) in [6, 6.07) is 16.4. The number of hydrogen-bond acceptors (Lipinski definition) is 3. The molecule has 0 aliphatic carbocycles. The van der Waals surface area contributed by atoms with Crippen molar-refractivity contribution < 1.29 is 9.53 Å². The predicted molar refractivity (Wildman–Crippen MR) is 93.7 cm³/mol. The molecule has 6 heteroatoms. The number of ether oxygens (including phenoxy) is 1. The SMILES string of the molecule is N#CCCN(C(=O)COc1ccc(Cl)cc1Br)c1ccccc1. The quantitative estimate of drug-likeness (QED) is 0.729. The molecule has 0 spiro atoms. The maximum Gasteiger partial charge on any atom is 0.264 e. The molecule has 1 amide bonds. The van der Waals surface area contributed by atoms with Gasteiger partial charge in [-0.1, -0.05) is 29.8 Å². The standard InChI is InChI=1S/C17H14BrClN2O2/c18-15-11-13(19)7-8-16(15)23-12-17(22)21(10-4-9-20)14-5-2-1-3-6-14/h1-3,5-8,11H,4,10,12H2. The largest absolute Gasteiger partial charge is 0.483 e. The molecule has 2 aromatic rings. The van der Waals surface area contributed by atoms with Gasteiger partial charge in [0.2, 0.25) is 0 Å². The summed E-state index contributed by atoms with van der Waals surface area (Å²) < 4.78 is 6.24. The molecule has 0 aliphatic rings. The summed E-state index contributed by atoms with van der Waals surface area (Å²) in [6.07, 6.45) is 0.255. The Hall–Kier alpha value is -2.03. The zero-order chi connectivity index (χ0) is 16.7. The second kappa shape index (κ2) is 8.56. The van der Waals surface area contributed by atoms with E-state index >= 15 is 0 Å². The molecule has 2 rings (SSSR count). The van der Waals surface area contributed by atoms with Gasteiger partial charge in [-0.05, 0) is 46.3 Å². The van der Waals surface area contributed by atoms with Crippen molar-refractivity contribution in [1.29, 1.82) is 5.26 Å². The van der Waals surface area contributed by atoms with E-state index in [1.165, 1.54) is 0 Å². The first-order valence-corrected chi connectivity index (χ1v) is 8.09. The fraction of sp³-hybridized carbons (Fsp3) is 0.176. The fourth-order valence-electron chi connectivity index (χ4n) is 1.98. The van der Waals surface area contributed by atoms with Crippen LogP contribution in [0.25, 0.3) is 0 Å². The molecule has 0 aromatic heterocycles. The normalized spacial score (nSPS) is 9.96. The van der Waals surface area contributed by atoms with E-state index in [1.54, 1.807) is 23.1 Å². The average molecular weight is 394 g/mol. The molecule has 2 aromatic carbocycles. The lowest BCUT2D eigenvalue weighted by Gasteiger charge is -2.22. The van der Waals surface area contributed by atoms with Crippen LogP contribution in [0.15, 0.2) is 53.0 Å². The smallest absolute Gasteiger partial charge is 0.264 e. The summed E-state index contributed by atoms with van der Waals surface area (Å²) >= 11 is 9.22. The molecule has 0 fully saturated rings. The highest BCUT2D eigenvalue weighted by Gasteiger charge is 2.16. The zero-order valence-electron chi connectivity index (χ0n) is 12.2. The molecular weight excluding hydrogens is 380 g/mol. The predicted octanol–water partition coefficient (Wildman–Crippen LogP) is 4.43. The average Bonchev–Trinajstić information content (AvgIpc) is 2.55. The van der Waals surface area contributed by atoms with E-state index in [2.05, 4.69) is 22.0 Å². The van der Waals surface area contributed by atoms with Crippen molar-refractivity contribution >= 4 is 39.1 Å². The number of benzene rings is 2. The molecule has 0 aliphatic heterocycles. The van der Waals surface area contributed by atoms with Crippen molar-refractivity contribution in [3.63, 3.8) is 0 Å². The number of para-hydroxylation sites is 1. The van der Waals surface area contributed by atoms with Crippen LogP contribution in [0.5, 0.6) is 5.75 Å². The lowest BCUT2D eigenvalue weighted by molar-refractivity contribution is -0.120. The number of carbonyl (C=O) groups excluding carboxylic acids is 1. The number of anilines is 1. The monoisotopic (exact) mass is 392 g/mol. The molecular formula is C17H14BrClN2O2. The van der Waals surface area contributed by atoms with E-state index in [9.17, 15) is 4.79 Å². The van der Waals surface area contributed by atoms with Gasteiger partial charge in [-0.15, -0.1) is 0 Å². The number of halogens is 2. The van der Waals surface area contributed by atoms with Gasteiger partial charge in [0.25, 0.3) is 5.91 Å². The maximum absolute atomic E-state index is 12.5. The van der Waals surface area contributed by atoms with Crippen LogP contribution in [-0.2, 0) is 4.79 Å². The molecule has 23 heavy (non-hydrogen) atoms. The zero-order valence-corrected chi connectivity index (χ0v) is 14.5. The molecule has 0 unspecified atom stereocenters. The Morgan fingerprint density at radius 3 is 2.65 bits per heavy atom. The Balaban J connectivity index is 2.07. The maximum atomic E-state index is 12.5. The summed E-state index contributed by atoms with van der Waals surface area (Å²) in [6.45, 7) is 0.199. The van der Waals surface area contributed by atoms with Crippen LogP contribution in [0.1, 0.15) is 6.42 Å². The molecule has 0 bridgehead atoms. The van der Waals surface area contributed by atoms with Gasteiger partial charge in [0.05, 0.1) is 17.0 Å². The van der Waals surface area contributed by atoms with Crippen molar-refractivity contribution in [3.05, 3.63) is 58.0 Å². The van der Waals surface area contributed by atoms with Crippen LogP contribution in [-0.4, -0.2) is 19.1 Å². The van der Waals surface area contributed by atoms with E-state index in [1.807, 2.05) is 30.3 Å². The molecule has 118 valence electrons. The van der Waals surface area contributed by atoms with Crippen molar-refractivity contribution in [3.8, 4) is 11.8 Å². The van der Waals surface area contributed by atoms with Crippen LogP contribution in [0, 0.1) is 11.3 Å². The van der Waals surface area contributed by atoms with Gasteiger partial charge in [-0.25, -0.2) is 0 Å². The van der Waals surface area contributed by atoms with Gasteiger partial charge in [0, 0.05) is 17.3 Å². The fourth-order valence-corrected chi connectivity index (χ4v) is 2.77. The van der Waals surface area contributed by atoms with Gasteiger partial charge in [0.15, 0.2) is 6.61 Å². The van der Waals surface area contributed by atoms with E-state index in [4.69, 9.17) is 21.6 Å². The highest BCUT2D eigenvalue weighted by Crippen LogP contribution is 2.28. The first-order valence-electron chi connectivity index (χ1n) is 6.92. The van der Waals surface area contributed by atoms with Gasteiger partial charge >= 0.3 is 0 Å². The van der Waals surface area contributed by atoms with Crippen molar-refractivity contribution in [2.24, 2.45) is 0 Å². The number of amides is 1. The van der Waals surface area contributed by atoms with E-state index < -0.39 is 0 Å². The van der Waals surface area contributed by atoms with Gasteiger partial charge in [-0.3, -0.25) is 4.79 Å². The summed E-state index contributed by atoms with van der Waals surface area (Å²) in [5, 5.41) is 9.36. The van der Waals surface area contributed by atoms with Crippen LogP contribution in [0.2, 0.25) is 5.02 Å². The summed E-state index contributed by atoms with van der Waals surface area (Å²) in [4.78, 5) is 14.0. The van der Waals surface area contributed by atoms with Crippen molar-refractivity contribution in [1.82, 2.24) is 0 Å². The van der Waals surface area contributed by atoms with Crippen LogP contribution < -0.4 is 9.64 Å². The Morgan fingerprint density at radius 1 is 1.26 bits per heavy atom. The van der Waals surface area contributed by atoms with Gasteiger partial charge < -0.3 is 9.64 Å². The Bertz CT molecular complexity index is 716. The summed E-state index contributed by atoms with van der Waals surface area (Å²) in [7, 11) is 0. The molecule has 0 saturated carbocycles. The topological polar surface area (TPSA) is 53.3 Å². The van der Waals surface area contributed by atoms with E-state index in [0.29, 0.717) is 21.8 Å². The molecule has 4 nitrogen and oxygen atoms in total. The highest BCUT2D eigenvalue weighted by atomic mass is 79.9. The number of nitrogens with zero attached hydrogens (tertiary/aromatic N) is 2. The minimum atomic E-state index is -0.215. The van der Waals surface area contributed by atoms with Crippen LogP contribution in [0.4, 0.5) is 5.69 Å². The van der Waals surface area contributed by atoms with Crippen molar-refractivity contribution in [2.45, 2.75) is 6.42 Å².